The Kier molecular flexibility index (Phi) is 5.12. The third-order valence-corrected chi connectivity index (χ3v) is 9.11. The van der Waals surface area contributed by atoms with Crippen LogP contribution in [0, 0.1) is 30.1 Å². The van der Waals surface area contributed by atoms with Gasteiger partial charge in [0.1, 0.15) is 5.75 Å². The lowest BCUT2D eigenvalue weighted by atomic mass is 9.54. The van der Waals surface area contributed by atoms with Gasteiger partial charge in [-0.2, -0.15) is 0 Å². The fourth-order valence-electron chi connectivity index (χ4n) is 7.03. The Bertz CT molecular complexity index is 954. The van der Waals surface area contributed by atoms with Crippen molar-refractivity contribution in [2.45, 2.75) is 71.1 Å². The van der Waals surface area contributed by atoms with E-state index in [1.807, 2.05) is 25.3 Å². The number of nitrogens with zero attached hydrogens (tertiary/aromatic N) is 1. The first-order chi connectivity index (χ1) is 14.4. The van der Waals surface area contributed by atoms with Crippen molar-refractivity contribution in [1.29, 1.82) is 0 Å². The van der Waals surface area contributed by atoms with Gasteiger partial charge in [0.25, 0.3) is 0 Å². The monoisotopic (exact) mass is 424 g/mol. The normalized spacial score (nSPS) is 32.2. The van der Waals surface area contributed by atoms with Crippen molar-refractivity contribution in [2.24, 2.45) is 23.2 Å². The average molecular weight is 425 g/mol. The highest BCUT2D eigenvalue weighted by Gasteiger charge is 2.54. The minimum Gasteiger partial charge on any atom is -0.508 e. The number of amides is 1. The molecule has 2 saturated carbocycles. The molecule has 5 rings (SSSR count). The van der Waals surface area contributed by atoms with Gasteiger partial charge in [-0.15, -0.1) is 11.3 Å². The maximum Gasteiger partial charge on any atom is 0.226 e. The Morgan fingerprint density at radius 3 is 2.93 bits per heavy atom. The lowest BCUT2D eigenvalue weighted by molar-refractivity contribution is -0.116. The second-order valence-electron chi connectivity index (χ2n) is 10.1. The van der Waals surface area contributed by atoms with E-state index in [2.05, 4.69) is 23.3 Å². The number of carbonyl (C=O) groups excluding carboxylic acids is 1. The summed E-state index contributed by atoms with van der Waals surface area (Å²) in [5.74, 6) is 3.21. The summed E-state index contributed by atoms with van der Waals surface area (Å²) in [6.45, 7) is 4.52. The van der Waals surface area contributed by atoms with E-state index in [0.29, 0.717) is 35.3 Å². The minimum absolute atomic E-state index is 0.106. The predicted octanol–water partition coefficient (Wildman–Crippen LogP) is 6.05. The molecule has 3 aliphatic rings. The third-order valence-electron chi connectivity index (χ3n) is 8.29. The highest BCUT2D eigenvalue weighted by atomic mass is 32.1. The van der Waals surface area contributed by atoms with Crippen LogP contribution >= 0.6 is 11.3 Å². The Labute approximate surface area is 183 Å². The molecule has 0 bridgehead atoms. The number of thiazole rings is 1. The lowest BCUT2D eigenvalue weighted by Gasteiger charge is -2.51. The van der Waals surface area contributed by atoms with E-state index in [9.17, 15) is 9.90 Å². The van der Waals surface area contributed by atoms with E-state index < -0.39 is 0 Å². The van der Waals surface area contributed by atoms with Crippen molar-refractivity contribution in [3.63, 3.8) is 0 Å². The average Bonchev–Trinajstić information content (AvgIpc) is 3.28. The molecular formula is C25H32N2O2S. The molecule has 5 heteroatoms. The number of aromatic nitrogens is 1. The number of hydrogen-bond donors (Lipinski definition) is 2. The van der Waals surface area contributed by atoms with Gasteiger partial charge in [-0.05, 0) is 104 Å². The van der Waals surface area contributed by atoms with Crippen LogP contribution < -0.4 is 5.32 Å². The molecule has 30 heavy (non-hydrogen) atoms. The molecule has 2 N–H and O–H groups in total. The molecule has 0 aliphatic heterocycles. The zero-order valence-electron chi connectivity index (χ0n) is 18.0. The van der Waals surface area contributed by atoms with Crippen LogP contribution in [0.5, 0.6) is 5.75 Å². The Hall–Kier alpha value is -1.88. The summed E-state index contributed by atoms with van der Waals surface area (Å²) in [6.07, 6.45) is 10.8. The molecule has 1 aromatic heterocycles. The highest BCUT2D eigenvalue weighted by Crippen LogP contribution is 2.63. The standard InChI is InChI=1S/C25H32N2O2S/c1-15-14-26-24(30-15)27-22(29)8-4-16-9-11-25(2)12-10-20-19-7-5-18(28)13-17(19)3-6-21(20)23(16)25/h5,7,13-14,16,20-21,23,28H,3-4,6,8-12H2,1-2H3,(H,26,27,29)/t16-,20?,21?,23?,25+/m1/s1. The molecule has 1 heterocycles. The Morgan fingerprint density at radius 2 is 2.13 bits per heavy atom. The van der Waals surface area contributed by atoms with Crippen LogP contribution in [-0.4, -0.2) is 16.0 Å². The molecular weight excluding hydrogens is 392 g/mol. The quantitative estimate of drug-likeness (QED) is 0.628. The molecule has 0 radical (unpaired) electrons. The van der Waals surface area contributed by atoms with Crippen LogP contribution in [0.2, 0.25) is 0 Å². The van der Waals surface area contributed by atoms with Crippen LogP contribution in [0.3, 0.4) is 0 Å². The van der Waals surface area contributed by atoms with Crippen molar-refractivity contribution in [3.05, 3.63) is 40.4 Å². The van der Waals surface area contributed by atoms with Crippen LogP contribution in [-0.2, 0) is 11.2 Å². The molecule has 0 saturated heterocycles. The topological polar surface area (TPSA) is 62.2 Å². The van der Waals surface area contributed by atoms with E-state index in [4.69, 9.17) is 0 Å². The number of hydrogen-bond acceptors (Lipinski definition) is 4. The first-order valence-corrected chi connectivity index (χ1v) is 12.3. The fourth-order valence-corrected chi connectivity index (χ4v) is 7.71. The molecule has 160 valence electrons. The van der Waals surface area contributed by atoms with Crippen molar-refractivity contribution in [3.8, 4) is 5.75 Å². The number of aryl methyl sites for hydroxylation is 2. The Morgan fingerprint density at radius 1 is 1.30 bits per heavy atom. The Balaban J connectivity index is 1.30. The number of rotatable bonds is 4. The van der Waals surface area contributed by atoms with Gasteiger partial charge in [0.15, 0.2) is 5.13 Å². The molecule has 3 unspecified atom stereocenters. The molecule has 0 spiro atoms. The van der Waals surface area contributed by atoms with Crippen molar-refractivity contribution in [2.75, 3.05) is 5.32 Å². The lowest BCUT2D eigenvalue weighted by Crippen LogP contribution is -2.42. The van der Waals surface area contributed by atoms with Gasteiger partial charge < -0.3 is 10.4 Å². The van der Waals surface area contributed by atoms with E-state index in [1.165, 1.54) is 43.2 Å². The summed E-state index contributed by atoms with van der Waals surface area (Å²) >= 11 is 1.54. The molecule has 4 nitrogen and oxygen atoms in total. The molecule has 1 aromatic carbocycles. The number of aromatic hydroxyl groups is 1. The third kappa shape index (κ3) is 3.55. The molecule has 3 aliphatic carbocycles. The van der Waals surface area contributed by atoms with Crippen molar-refractivity contribution >= 4 is 22.4 Å². The first kappa shape index (κ1) is 20.0. The number of fused-ring (bicyclic) bond motifs is 5. The summed E-state index contributed by atoms with van der Waals surface area (Å²) in [6, 6.07) is 6.03. The largest absolute Gasteiger partial charge is 0.508 e. The minimum atomic E-state index is 0.106. The molecule has 2 fully saturated rings. The zero-order chi connectivity index (χ0) is 20.9. The van der Waals surface area contributed by atoms with Crippen LogP contribution in [0.4, 0.5) is 5.13 Å². The van der Waals surface area contributed by atoms with Gasteiger partial charge >= 0.3 is 0 Å². The SMILES string of the molecule is Cc1cnc(NC(=O)CC[C@@H]2CC[C@@]3(C)CCC4c5ccc(O)cc5CCC4C23)s1. The molecule has 2 aromatic rings. The summed E-state index contributed by atoms with van der Waals surface area (Å²) in [4.78, 5) is 17.9. The van der Waals surface area contributed by atoms with Gasteiger partial charge in [0.2, 0.25) is 5.91 Å². The number of phenolic OH excluding ortho intramolecular Hbond substituents is 1. The number of nitrogens with one attached hydrogen (secondary N) is 1. The summed E-state index contributed by atoms with van der Waals surface area (Å²) in [5.41, 5.74) is 3.27. The maximum absolute atomic E-state index is 12.5. The van der Waals surface area contributed by atoms with Gasteiger partial charge in [0, 0.05) is 17.5 Å². The van der Waals surface area contributed by atoms with E-state index in [1.54, 1.807) is 11.3 Å². The highest BCUT2D eigenvalue weighted by molar-refractivity contribution is 7.15. The van der Waals surface area contributed by atoms with Crippen LogP contribution in [0.1, 0.15) is 73.8 Å². The second-order valence-corrected chi connectivity index (χ2v) is 11.3. The number of anilines is 1. The van der Waals surface area contributed by atoms with Crippen molar-refractivity contribution < 1.29 is 9.90 Å². The molecule has 1 amide bonds. The van der Waals surface area contributed by atoms with E-state index in [0.717, 1.165) is 28.8 Å². The molecule has 5 atom stereocenters. The zero-order valence-corrected chi connectivity index (χ0v) is 18.8. The fraction of sp³-hybridized carbons (Fsp3) is 0.600. The summed E-state index contributed by atoms with van der Waals surface area (Å²) in [5, 5.41) is 13.6. The number of benzene rings is 1. The maximum atomic E-state index is 12.5. The van der Waals surface area contributed by atoms with E-state index in [-0.39, 0.29) is 5.91 Å². The smallest absolute Gasteiger partial charge is 0.226 e. The van der Waals surface area contributed by atoms with Gasteiger partial charge in [0.05, 0.1) is 0 Å². The van der Waals surface area contributed by atoms with Crippen LogP contribution in [0.15, 0.2) is 24.4 Å². The second kappa shape index (κ2) is 7.67. The first-order valence-electron chi connectivity index (χ1n) is 11.5. The van der Waals surface area contributed by atoms with Gasteiger partial charge in [-0.1, -0.05) is 13.0 Å². The summed E-state index contributed by atoms with van der Waals surface area (Å²) in [7, 11) is 0. The van der Waals surface area contributed by atoms with Crippen molar-refractivity contribution in [1.82, 2.24) is 4.98 Å². The number of phenols is 1. The van der Waals surface area contributed by atoms with E-state index >= 15 is 0 Å². The predicted molar refractivity (Wildman–Crippen MR) is 121 cm³/mol. The van der Waals surface area contributed by atoms with Gasteiger partial charge in [-0.25, -0.2) is 4.98 Å². The van der Waals surface area contributed by atoms with Crippen LogP contribution in [0.25, 0.3) is 0 Å². The van der Waals surface area contributed by atoms with Gasteiger partial charge in [-0.3, -0.25) is 4.79 Å². The number of carbonyl (C=O) groups is 1. The summed E-state index contributed by atoms with van der Waals surface area (Å²) < 4.78 is 0.